The van der Waals surface area contributed by atoms with E-state index in [2.05, 4.69) is 9.44 Å². The van der Waals surface area contributed by atoms with Crippen LogP contribution in [0, 0.1) is 11.3 Å². The van der Waals surface area contributed by atoms with Gasteiger partial charge >= 0.3 is 10.1 Å². The molecule has 0 unspecified atom stereocenters. The average Bonchev–Trinajstić information content (AvgIpc) is 2.62. The van der Waals surface area contributed by atoms with Crippen molar-refractivity contribution in [2.45, 2.75) is 4.90 Å². The van der Waals surface area contributed by atoms with Crippen LogP contribution in [-0.2, 0) is 14.4 Å². The normalized spacial score (nSPS) is 11.5. The number of halogens is 1. The first-order chi connectivity index (χ1) is 11.9. The number of ether oxygens (including phenoxy) is 2. The summed E-state index contributed by atoms with van der Waals surface area (Å²) in [6.07, 6.45) is 0. The number of benzene rings is 2. The second-order valence-corrected chi connectivity index (χ2v) is 6.57. The standard InChI is InChI=1S/C16H13ClN2O5S/c1-22-15-8-3-11(9-16(15)23-2)14(10-18)19-24-25(20,21)13-6-4-12(17)5-7-13/h3-9H,1-2H3/b19-14-. The molecule has 7 nitrogen and oxygen atoms in total. The van der Waals surface area contributed by atoms with Crippen LogP contribution in [0.15, 0.2) is 52.5 Å². The highest BCUT2D eigenvalue weighted by molar-refractivity contribution is 7.86. The fourth-order valence-corrected chi connectivity index (χ4v) is 2.71. The summed E-state index contributed by atoms with van der Waals surface area (Å²) in [5.74, 6) is 0.821. The molecule has 2 aromatic carbocycles. The average molecular weight is 381 g/mol. The third-order valence-corrected chi connectivity index (χ3v) is 4.46. The molecule has 0 saturated heterocycles. The third kappa shape index (κ3) is 4.41. The third-order valence-electron chi connectivity index (χ3n) is 3.09. The summed E-state index contributed by atoms with van der Waals surface area (Å²) in [6, 6.07) is 11.7. The van der Waals surface area contributed by atoms with Gasteiger partial charge in [-0.3, -0.25) is 4.28 Å². The number of nitrogens with zero attached hydrogens (tertiary/aromatic N) is 2. The van der Waals surface area contributed by atoms with Crippen LogP contribution in [0.4, 0.5) is 0 Å². The Morgan fingerprint density at radius 2 is 1.72 bits per heavy atom. The van der Waals surface area contributed by atoms with E-state index in [0.717, 1.165) is 0 Å². The Labute approximate surface area is 150 Å². The van der Waals surface area contributed by atoms with Crippen LogP contribution in [0.25, 0.3) is 0 Å². The van der Waals surface area contributed by atoms with Gasteiger partial charge in [0.15, 0.2) is 17.2 Å². The van der Waals surface area contributed by atoms with E-state index < -0.39 is 10.1 Å². The van der Waals surface area contributed by atoms with Crippen molar-refractivity contribution < 1.29 is 22.2 Å². The molecule has 0 bridgehead atoms. The first kappa shape index (κ1) is 18.6. The molecule has 25 heavy (non-hydrogen) atoms. The Bertz CT molecular complexity index is 934. The van der Waals surface area contributed by atoms with E-state index in [4.69, 9.17) is 21.1 Å². The molecule has 2 rings (SSSR count). The van der Waals surface area contributed by atoms with Gasteiger partial charge in [0.05, 0.1) is 14.2 Å². The van der Waals surface area contributed by atoms with Gasteiger partial charge in [0, 0.05) is 10.6 Å². The summed E-state index contributed by atoms with van der Waals surface area (Å²) in [4.78, 5) is -0.134. The lowest BCUT2D eigenvalue weighted by Crippen LogP contribution is -2.06. The Kier molecular flexibility index (Phi) is 5.85. The molecule has 0 spiro atoms. The van der Waals surface area contributed by atoms with Gasteiger partial charge in [0.25, 0.3) is 0 Å². The Balaban J connectivity index is 2.32. The SMILES string of the molecule is COc1ccc(/C(C#N)=N\OS(=O)(=O)c2ccc(Cl)cc2)cc1OC. The molecule has 0 N–H and O–H groups in total. The van der Waals surface area contributed by atoms with Crippen LogP contribution in [0.3, 0.4) is 0 Å². The lowest BCUT2D eigenvalue weighted by Gasteiger charge is -2.08. The van der Waals surface area contributed by atoms with E-state index >= 15 is 0 Å². The molecule has 0 aliphatic carbocycles. The summed E-state index contributed by atoms with van der Waals surface area (Å²) in [5, 5.41) is 13.1. The van der Waals surface area contributed by atoms with Crippen molar-refractivity contribution in [3.8, 4) is 17.6 Å². The highest BCUT2D eigenvalue weighted by Crippen LogP contribution is 2.28. The number of hydrogen-bond acceptors (Lipinski definition) is 7. The van der Waals surface area contributed by atoms with Crippen molar-refractivity contribution >= 4 is 27.4 Å². The summed E-state index contributed by atoms with van der Waals surface area (Å²) >= 11 is 5.72. The van der Waals surface area contributed by atoms with E-state index in [0.29, 0.717) is 22.1 Å². The zero-order valence-electron chi connectivity index (χ0n) is 13.3. The lowest BCUT2D eigenvalue weighted by molar-refractivity contribution is 0.339. The fourth-order valence-electron chi connectivity index (χ4n) is 1.85. The number of rotatable bonds is 6. The van der Waals surface area contributed by atoms with Crippen molar-refractivity contribution in [2.75, 3.05) is 14.2 Å². The molecular formula is C16H13ClN2O5S. The minimum Gasteiger partial charge on any atom is -0.493 e. The van der Waals surface area contributed by atoms with Crippen molar-refractivity contribution in [3.63, 3.8) is 0 Å². The van der Waals surface area contributed by atoms with Gasteiger partial charge in [-0.2, -0.15) is 13.7 Å². The van der Waals surface area contributed by atoms with Gasteiger partial charge < -0.3 is 9.47 Å². The smallest absolute Gasteiger partial charge is 0.358 e. The molecule has 0 fully saturated rings. The van der Waals surface area contributed by atoms with Gasteiger partial charge in [0.1, 0.15) is 11.0 Å². The largest absolute Gasteiger partial charge is 0.493 e. The fraction of sp³-hybridized carbons (Fsp3) is 0.125. The van der Waals surface area contributed by atoms with Crippen molar-refractivity contribution in [1.82, 2.24) is 0 Å². The van der Waals surface area contributed by atoms with Gasteiger partial charge in [0.2, 0.25) is 0 Å². The number of hydrogen-bond donors (Lipinski definition) is 0. The molecule has 0 aromatic heterocycles. The maximum Gasteiger partial charge on any atom is 0.358 e. The van der Waals surface area contributed by atoms with Crippen molar-refractivity contribution in [3.05, 3.63) is 53.1 Å². The number of methoxy groups -OCH3 is 2. The van der Waals surface area contributed by atoms with Crippen molar-refractivity contribution in [2.24, 2.45) is 5.16 Å². The Morgan fingerprint density at radius 3 is 2.28 bits per heavy atom. The highest BCUT2D eigenvalue weighted by atomic mass is 35.5. The molecule has 0 saturated carbocycles. The van der Waals surface area contributed by atoms with Crippen LogP contribution < -0.4 is 9.47 Å². The molecule has 0 radical (unpaired) electrons. The van der Waals surface area contributed by atoms with E-state index in [-0.39, 0.29) is 10.6 Å². The first-order valence-electron chi connectivity index (χ1n) is 6.81. The molecule has 130 valence electrons. The van der Waals surface area contributed by atoms with Crippen LogP contribution in [0.1, 0.15) is 5.56 Å². The van der Waals surface area contributed by atoms with Crippen molar-refractivity contribution in [1.29, 1.82) is 5.26 Å². The molecule has 0 aliphatic heterocycles. The molecule has 0 aliphatic rings. The summed E-state index contributed by atoms with van der Waals surface area (Å²) in [7, 11) is -1.26. The summed E-state index contributed by atoms with van der Waals surface area (Å²) in [5.41, 5.74) is 0.0740. The van der Waals surface area contributed by atoms with Crippen LogP contribution in [0.5, 0.6) is 11.5 Å². The summed E-state index contributed by atoms with van der Waals surface area (Å²) < 4.78 is 39.0. The predicted molar refractivity (Wildman–Crippen MR) is 91.4 cm³/mol. The molecule has 9 heteroatoms. The van der Waals surface area contributed by atoms with E-state index in [1.807, 2.05) is 0 Å². The number of oxime groups is 1. The van der Waals surface area contributed by atoms with E-state index in [1.54, 1.807) is 12.1 Å². The Morgan fingerprint density at radius 1 is 1.08 bits per heavy atom. The molecular weight excluding hydrogens is 368 g/mol. The van der Waals surface area contributed by atoms with Gasteiger partial charge in [-0.1, -0.05) is 16.8 Å². The minimum atomic E-state index is -4.17. The second kappa shape index (κ2) is 7.88. The Hall–Kier alpha value is -2.76. The topological polar surface area (TPSA) is 98.0 Å². The number of nitriles is 1. The zero-order chi connectivity index (χ0) is 18.4. The molecule has 2 aromatic rings. The quantitative estimate of drug-likeness (QED) is 0.564. The monoisotopic (exact) mass is 380 g/mol. The highest BCUT2D eigenvalue weighted by Gasteiger charge is 2.17. The first-order valence-corrected chi connectivity index (χ1v) is 8.59. The minimum absolute atomic E-state index is 0.134. The second-order valence-electron chi connectivity index (χ2n) is 4.60. The predicted octanol–water partition coefficient (Wildman–Crippen LogP) is 2.99. The van der Waals surface area contributed by atoms with Crippen LogP contribution in [-0.4, -0.2) is 28.3 Å². The maximum absolute atomic E-state index is 12.1. The zero-order valence-corrected chi connectivity index (χ0v) is 14.8. The molecule has 0 atom stereocenters. The summed E-state index contributed by atoms with van der Waals surface area (Å²) in [6.45, 7) is 0. The lowest BCUT2D eigenvalue weighted by atomic mass is 10.1. The van der Waals surface area contributed by atoms with Gasteiger partial charge in [-0.15, -0.1) is 0 Å². The van der Waals surface area contributed by atoms with E-state index in [1.165, 1.54) is 50.6 Å². The molecule has 0 amide bonds. The van der Waals surface area contributed by atoms with E-state index in [9.17, 15) is 13.7 Å². The molecule has 0 heterocycles. The maximum atomic E-state index is 12.1. The van der Waals surface area contributed by atoms with Gasteiger partial charge in [-0.25, -0.2) is 0 Å². The van der Waals surface area contributed by atoms with Gasteiger partial charge in [-0.05, 0) is 42.5 Å². The van der Waals surface area contributed by atoms with Crippen LogP contribution >= 0.6 is 11.6 Å². The van der Waals surface area contributed by atoms with Crippen LogP contribution in [0.2, 0.25) is 5.02 Å².